The van der Waals surface area contributed by atoms with E-state index in [9.17, 15) is 0 Å². The topological polar surface area (TPSA) is 44.9 Å². The van der Waals surface area contributed by atoms with Gasteiger partial charge in [0, 0.05) is 46.0 Å². The lowest BCUT2D eigenvalue weighted by Crippen LogP contribution is -2.24. The maximum absolute atomic E-state index is 6.86. The molecule has 1 aliphatic rings. The Morgan fingerprint density at radius 1 is 0.804 bits per heavy atom. The van der Waals surface area contributed by atoms with Gasteiger partial charge in [-0.15, -0.1) is 0 Å². The fourth-order valence-corrected chi connectivity index (χ4v) is 8.16. The van der Waals surface area contributed by atoms with Crippen LogP contribution in [0.1, 0.15) is 122 Å². The second-order valence-corrected chi connectivity index (χ2v) is 17.2. The molecule has 0 radical (unpaired) electrons. The van der Waals surface area contributed by atoms with Crippen LogP contribution < -0.4 is 4.74 Å². The van der Waals surface area contributed by atoms with E-state index in [0.29, 0.717) is 17.8 Å². The summed E-state index contributed by atoms with van der Waals surface area (Å²) in [6, 6.07) is 26.0. The van der Waals surface area contributed by atoms with Gasteiger partial charge in [-0.1, -0.05) is 92.2 Å². The van der Waals surface area contributed by atoms with E-state index in [4.69, 9.17) is 14.8 Å². The van der Waals surface area contributed by atoms with Crippen molar-refractivity contribution in [3.05, 3.63) is 119 Å². The smallest absolute Gasteiger partial charge is 0.137 e. The van der Waals surface area contributed by atoms with E-state index in [2.05, 4.69) is 164 Å². The first-order chi connectivity index (χ1) is 24.1. The molecular weight excluding hydrogens is 625 g/mol. The number of rotatable bonds is 6. The Hall–Kier alpha value is -4.64. The van der Waals surface area contributed by atoms with Gasteiger partial charge in [-0.05, 0) is 97.5 Å². The molecule has 3 aromatic carbocycles. The van der Waals surface area contributed by atoms with E-state index < -0.39 is 0 Å². The summed E-state index contributed by atoms with van der Waals surface area (Å²) in [6.45, 7) is 25.1. The molecule has 264 valence electrons. The summed E-state index contributed by atoms with van der Waals surface area (Å²) in [4.78, 5) is 4.85. The number of hydrogen-bond acceptors (Lipinski definition) is 3. The molecule has 7 rings (SSSR count). The van der Waals surface area contributed by atoms with Crippen molar-refractivity contribution < 1.29 is 4.74 Å². The minimum absolute atomic E-state index is 0.0955. The van der Waals surface area contributed by atoms with Crippen LogP contribution in [-0.4, -0.2) is 19.3 Å². The van der Waals surface area contributed by atoms with Gasteiger partial charge in [0.05, 0.1) is 28.1 Å². The molecule has 2 atom stereocenters. The Bertz CT molecular complexity index is 2280. The molecule has 51 heavy (non-hydrogen) atoms. The largest absolute Gasteiger partial charge is 0.457 e. The Balaban J connectivity index is 1.38. The van der Waals surface area contributed by atoms with E-state index >= 15 is 0 Å². The van der Waals surface area contributed by atoms with Gasteiger partial charge in [-0.3, -0.25) is 4.57 Å². The molecule has 5 nitrogen and oxygen atoms in total. The minimum atomic E-state index is -0.119. The number of aryl methyl sites for hydroxylation is 1. The van der Waals surface area contributed by atoms with Crippen molar-refractivity contribution in [2.24, 2.45) is 5.92 Å². The van der Waals surface area contributed by atoms with E-state index in [-0.39, 0.29) is 10.8 Å². The normalized spacial score (nSPS) is 17.1. The number of para-hydroxylation sites is 1. The van der Waals surface area contributed by atoms with Crippen molar-refractivity contribution in [1.29, 1.82) is 0 Å². The fourth-order valence-electron chi connectivity index (χ4n) is 8.16. The van der Waals surface area contributed by atoms with Crippen molar-refractivity contribution in [2.45, 2.75) is 112 Å². The molecule has 0 unspecified atom stereocenters. The van der Waals surface area contributed by atoms with E-state index in [1.54, 1.807) is 0 Å². The maximum Gasteiger partial charge on any atom is 0.137 e. The Morgan fingerprint density at radius 3 is 2.25 bits per heavy atom. The first-order valence-corrected chi connectivity index (χ1v) is 18.7. The summed E-state index contributed by atoms with van der Waals surface area (Å²) < 4.78 is 11.4. The van der Waals surface area contributed by atoms with Gasteiger partial charge in [0.25, 0.3) is 0 Å². The van der Waals surface area contributed by atoms with Crippen LogP contribution in [0, 0.1) is 12.8 Å². The highest BCUT2D eigenvalue weighted by molar-refractivity contribution is 6.09. The number of ether oxygens (including phenoxy) is 1. The zero-order valence-electron chi connectivity index (χ0n) is 32.4. The van der Waals surface area contributed by atoms with Gasteiger partial charge in [0.1, 0.15) is 17.3 Å². The van der Waals surface area contributed by atoms with Crippen LogP contribution in [0.2, 0.25) is 0 Å². The van der Waals surface area contributed by atoms with Gasteiger partial charge in [0.2, 0.25) is 0 Å². The fraction of sp³-hybridized carbons (Fsp3) is 0.391. The molecule has 5 heteroatoms. The van der Waals surface area contributed by atoms with Crippen LogP contribution in [0.4, 0.5) is 0 Å². The summed E-state index contributed by atoms with van der Waals surface area (Å²) in [6.07, 6.45) is 6.72. The zero-order valence-corrected chi connectivity index (χ0v) is 32.4. The molecular formula is C46H54N4O. The van der Waals surface area contributed by atoms with Crippen molar-refractivity contribution in [3.8, 4) is 23.0 Å². The van der Waals surface area contributed by atoms with E-state index in [1.165, 1.54) is 45.2 Å². The van der Waals surface area contributed by atoms with Crippen molar-refractivity contribution in [3.63, 3.8) is 0 Å². The van der Waals surface area contributed by atoms with E-state index in [1.807, 2.05) is 6.20 Å². The molecule has 0 aliphatic heterocycles. The maximum atomic E-state index is 6.86. The van der Waals surface area contributed by atoms with Gasteiger partial charge in [0.15, 0.2) is 0 Å². The first-order valence-electron chi connectivity index (χ1n) is 18.7. The number of fused-ring (bicyclic) bond motifs is 3. The quantitative estimate of drug-likeness (QED) is 0.165. The highest BCUT2D eigenvalue weighted by atomic mass is 16.5. The molecule has 0 saturated heterocycles. The number of hydrogen-bond donors (Lipinski definition) is 0. The standard InChI is InChI=1S/C46H54N4O/c1-28(2)32-21-22-47-41(23-32)49-39-18-13-12-17-37(39)38-20-19-35(27-40(38)49)51-36-25-33(45(6,7)8)24-34(26-36)50-44(46(9,10)11)43(31(5)48-50)42-29(3)15-14-16-30(42)4/h12-13,15,17-28,30,42H,14,16H2,1-11H3/t30-,42-/m0/s1. The summed E-state index contributed by atoms with van der Waals surface area (Å²) >= 11 is 0. The third kappa shape index (κ3) is 6.41. The number of allylic oxidation sites excluding steroid dienone is 2. The Kier molecular flexibility index (Phi) is 8.76. The summed E-state index contributed by atoms with van der Waals surface area (Å²) in [5, 5.41) is 7.69. The third-order valence-corrected chi connectivity index (χ3v) is 10.8. The minimum Gasteiger partial charge on any atom is -0.457 e. The third-order valence-electron chi connectivity index (χ3n) is 10.8. The van der Waals surface area contributed by atoms with Crippen LogP contribution in [-0.2, 0) is 10.8 Å². The average Bonchev–Trinajstić information content (AvgIpc) is 3.59. The summed E-state index contributed by atoms with van der Waals surface area (Å²) in [7, 11) is 0. The second-order valence-electron chi connectivity index (χ2n) is 17.2. The molecule has 3 aromatic heterocycles. The molecule has 1 aliphatic carbocycles. The van der Waals surface area contributed by atoms with E-state index in [0.717, 1.165) is 46.2 Å². The van der Waals surface area contributed by atoms with Crippen LogP contribution in [0.5, 0.6) is 11.5 Å². The van der Waals surface area contributed by atoms with Crippen molar-refractivity contribution in [2.75, 3.05) is 0 Å². The lowest BCUT2D eigenvalue weighted by molar-refractivity contribution is 0.437. The number of nitrogens with zero attached hydrogens (tertiary/aromatic N) is 4. The molecule has 0 saturated carbocycles. The first kappa shape index (κ1) is 34.8. The predicted molar refractivity (Wildman–Crippen MR) is 213 cm³/mol. The van der Waals surface area contributed by atoms with Crippen LogP contribution >= 0.6 is 0 Å². The molecule has 0 amide bonds. The monoisotopic (exact) mass is 678 g/mol. The lowest BCUT2D eigenvalue weighted by Gasteiger charge is -2.32. The van der Waals surface area contributed by atoms with Gasteiger partial charge in [-0.25, -0.2) is 9.67 Å². The number of pyridine rings is 1. The molecule has 0 N–H and O–H groups in total. The average molecular weight is 679 g/mol. The van der Waals surface area contributed by atoms with Crippen LogP contribution in [0.3, 0.4) is 0 Å². The Labute approximate surface area is 304 Å². The molecule has 0 spiro atoms. The molecule has 0 bridgehead atoms. The number of benzene rings is 3. The van der Waals surface area contributed by atoms with Crippen LogP contribution in [0.25, 0.3) is 33.3 Å². The van der Waals surface area contributed by atoms with Crippen LogP contribution in [0.15, 0.2) is 90.6 Å². The SMILES string of the molecule is CC1=CCC[C@H](C)[C@H]1c1c(C)nn(-c2cc(Oc3ccc4c5ccccc5n(-c5cc(C(C)C)ccn5)c4c3)cc(C(C)(C)C)c2)c1C(C)(C)C. The highest BCUT2D eigenvalue weighted by Gasteiger charge is 2.35. The van der Waals surface area contributed by atoms with Gasteiger partial charge < -0.3 is 4.74 Å². The summed E-state index contributed by atoms with van der Waals surface area (Å²) in [5.41, 5.74) is 10.7. The van der Waals surface area contributed by atoms with Gasteiger partial charge in [-0.2, -0.15) is 5.10 Å². The van der Waals surface area contributed by atoms with Crippen molar-refractivity contribution >= 4 is 21.8 Å². The predicted octanol–water partition coefficient (Wildman–Crippen LogP) is 12.6. The molecule has 6 aromatic rings. The van der Waals surface area contributed by atoms with Crippen molar-refractivity contribution in [1.82, 2.24) is 19.3 Å². The highest BCUT2D eigenvalue weighted by Crippen LogP contribution is 2.45. The summed E-state index contributed by atoms with van der Waals surface area (Å²) in [5.74, 6) is 3.85. The Morgan fingerprint density at radius 2 is 1.55 bits per heavy atom. The van der Waals surface area contributed by atoms with Gasteiger partial charge >= 0.3 is 0 Å². The second kappa shape index (κ2) is 12.8. The zero-order chi connectivity index (χ0) is 36.4. The molecule has 0 fully saturated rings. The molecule has 3 heterocycles. The lowest BCUT2D eigenvalue weighted by atomic mass is 9.72. The number of aromatic nitrogens is 4.